The molecule has 0 aliphatic carbocycles. The molecule has 0 radical (unpaired) electrons. The fraction of sp³-hybridized carbons (Fsp3) is 0.750. The molecular formula is C8H9F9. The zero-order valence-corrected chi connectivity index (χ0v) is 8.90. The monoisotopic (exact) mass is 276 g/mol. The lowest BCUT2D eigenvalue weighted by molar-refractivity contribution is -0.331. The second kappa shape index (κ2) is 5.63. The second-order valence-electron chi connectivity index (χ2n) is 2.50. The molecule has 0 fully saturated rings. The summed E-state index contributed by atoms with van der Waals surface area (Å²) in [6.45, 7) is 3.95. The van der Waals surface area contributed by atoms with E-state index >= 15 is 0 Å². The molecule has 0 aromatic heterocycles. The number of halogens is 9. The van der Waals surface area contributed by atoms with Gasteiger partial charge in [0.2, 0.25) is 0 Å². The van der Waals surface area contributed by atoms with Crippen LogP contribution < -0.4 is 0 Å². The van der Waals surface area contributed by atoms with Crippen molar-refractivity contribution in [1.82, 2.24) is 0 Å². The summed E-state index contributed by atoms with van der Waals surface area (Å²) in [4.78, 5) is 0. The normalized spacial score (nSPS) is 14.8. The topological polar surface area (TPSA) is 0 Å². The SMILES string of the molecule is C/C(F)=C(\F)C(F)(C(F)(F)F)C(F)(F)F.CC. The van der Waals surface area contributed by atoms with Crippen molar-refractivity contribution in [3.8, 4) is 0 Å². The second-order valence-corrected chi connectivity index (χ2v) is 2.50. The first kappa shape index (κ1) is 18.5. The number of rotatable bonds is 1. The van der Waals surface area contributed by atoms with Crippen LogP contribution in [-0.4, -0.2) is 18.0 Å². The standard InChI is InChI=1S/C6H3F9.C2H6/c1-2(7)3(8)4(9,5(10,11)12)6(13,14)15;1-2/h1H3;1-2H3/b3-2+;. The van der Waals surface area contributed by atoms with Gasteiger partial charge in [0, 0.05) is 0 Å². The van der Waals surface area contributed by atoms with Crippen LogP contribution in [0.15, 0.2) is 11.7 Å². The van der Waals surface area contributed by atoms with Gasteiger partial charge in [-0.1, -0.05) is 13.8 Å². The fourth-order valence-corrected chi connectivity index (χ4v) is 0.647. The predicted molar refractivity (Wildman–Crippen MR) is 42.2 cm³/mol. The fourth-order valence-electron chi connectivity index (χ4n) is 0.647. The third-order valence-electron chi connectivity index (χ3n) is 1.39. The molecule has 0 aromatic rings. The van der Waals surface area contributed by atoms with Crippen molar-refractivity contribution in [3.05, 3.63) is 11.7 Å². The summed E-state index contributed by atoms with van der Waals surface area (Å²) in [7, 11) is 0. The van der Waals surface area contributed by atoms with Crippen LogP contribution >= 0.6 is 0 Å². The summed E-state index contributed by atoms with van der Waals surface area (Å²) in [5.41, 5.74) is -6.31. The van der Waals surface area contributed by atoms with Gasteiger partial charge in [-0.3, -0.25) is 0 Å². The highest BCUT2D eigenvalue weighted by molar-refractivity contribution is 5.19. The summed E-state index contributed by atoms with van der Waals surface area (Å²) in [6, 6.07) is 0. The largest absolute Gasteiger partial charge is 0.438 e. The van der Waals surface area contributed by atoms with Gasteiger partial charge in [-0.25, -0.2) is 13.2 Å². The molecule has 0 unspecified atom stereocenters. The maximum atomic E-state index is 12.5. The Morgan fingerprint density at radius 2 is 0.941 bits per heavy atom. The van der Waals surface area contributed by atoms with Crippen molar-refractivity contribution in [2.45, 2.75) is 38.8 Å². The Morgan fingerprint density at radius 1 is 0.706 bits per heavy atom. The van der Waals surface area contributed by atoms with Crippen LogP contribution in [0.1, 0.15) is 20.8 Å². The van der Waals surface area contributed by atoms with Crippen molar-refractivity contribution in [1.29, 1.82) is 0 Å². The van der Waals surface area contributed by atoms with Gasteiger partial charge in [-0.05, 0) is 6.92 Å². The van der Waals surface area contributed by atoms with Gasteiger partial charge in [-0.15, -0.1) is 0 Å². The minimum Gasteiger partial charge on any atom is -0.215 e. The lowest BCUT2D eigenvalue weighted by atomic mass is 10.0. The van der Waals surface area contributed by atoms with Crippen molar-refractivity contribution in [2.75, 3.05) is 0 Å². The number of allylic oxidation sites excluding steroid dienone is 2. The van der Waals surface area contributed by atoms with Crippen LogP contribution in [-0.2, 0) is 0 Å². The molecule has 0 rings (SSSR count). The Balaban J connectivity index is 0. The maximum Gasteiger partial charge on any atom is 0.438 e. The van der Waals surface area contributed by atoms with Gasteiger partial charge in [-0.2, -0.15) is 26.3 Å². The molecule has 0 nitrogen and oxygen atoms in total. The van der Waals surface area contributed by atoms with Crippen LogP contribution in [0, 0.1) is 0 Å². The van der Waals surface area contributed by atoms with Crippen molar-refractivity contribution in [3.63, 3.8) is 0 Å². The Kier molecular flexibility index (Phi) is 6.12. The molecule has 0 aromatic carbocycles. The van der Waals surface area contributed by atoms with E-state index in [0.29, 0.717) is 0 Å². The van der Waals surface area contributed by atoms with Gasteiger partial charge >= 0.3 is 18.0 Å². The van der Waals surface area contributed by atoms with E-state index in [0.717, 1.165) is 0 Å². The van der Waals surface area contributed by atoms with Crippen LogP contribution in [0.25, 0.3) is 0 Å². The van der Waals surface area contributed by atoms with Gasteiger partial charge in [0.25, 0.3) is 0 Å². The molecule has 0 aliphatic heterocycles. The molecule has 0 saturated carbocycles. The average Bonchev–Trinajstić information content (AvgIpc) is 2.14. The quantitative estimate of drug-likeness (QED) is 0.590. The van der Waals surface area contributed by atoms with Gasteiger partial charge in [0.1, 0.15) is 5.83 Å². The number of hydrogen-bond donors (Lipinski definition) is 0. The molecular weight excluding hydrogens is 267 g/mol. The van der Waals surface area contributed by atoms with Crippen molar-refractivity contribution < 1.29 is 39.5 Å². The Bertz CT molecular complexity index is 252. The van der Waals surface area contributed by atoms with Crippen LogP contribution in [0.2, 0.25) is 0 Å². The van der Waals surface area contributed by atoms with E-state index in [4.69, 9.17) is 0 Å². The van der Waals surface area contributed by atoms with E-state index in [1.165, 1.54) is 0 Å². The third kappa shape index (κ3) is 3.53. The molecule has 0 spiro atoms. The molecule has 9 heteroatoms. The van der Waals surface area contributed by atoms with E-state index in [2.05, 4.69) is 0 Å². The van der Waals surface area contributed by atoms with E-state index in [9.17, 15) is 39.5 Å². The molecule has 0 aliphatic rings. The first-order chi connectivity index (χ1) is 7.35. The lowest BCUT2D eigenvalue weighted by Crippen LogP contribution is -2.54. The highest BCUT2D eigenvalue weighted by Crippen LogP contribution is 2.51. The van der Waals surface area contributed by atoms with Gasteiger partial charge in [0.05, 0.1) is 0 Å². The molecule has 0 atom stereocenters. The Morgan fingerprint density at radius 3 is 1.00 bits per heavy atom. The average molecular weight is 276 g/mol. The van der Waals surface area contributed by atoms with Gasteiger partial charge in [0.15, 0.2) is 5.83 Å². The molecule has 104 valence electrons. The zero-order chi connectivity index (χ0) is 14.7. The van der Waals surface area contributed by atoms with Crippen LogP contribution in [0.3, 0.4) is 0 Å². The molecule has 17 heavy (non-hydrogen) atoms. The summed E-state index contributed by atoms with van der Waals surface area (Å²) >= 11 is 0. The van der Waals surface area contributed by atoms with E-state index in [-0.39, 0.29) is 6.92 Å². The Hall–Kier alpha value is -0.890. The minimum absolute atomic E-state index is 0.0544. The van der Waals surface area contributed by atoms with E-state index in [1.54, 1.807) is 0 Å². The molecule has 0 heterocycles. The van der Waals surface area contributed by atoms with Crippen LogP contribution in [0.4, 0.5) is 39.5 Å². The summed E-state index contributed by atoms with van der Waals surface area (Å²) in [5, 5.41) is 0. The zero-order valence-electron chi connectivity index (χ0n) is 8.90. The predicted octanol–water partition coefficient (Wildman–Crippen LogP) is 5.02. The highest BCUT2D eigenvalue weighted by atomic mass is 19.4. The summed E-state index contributed by atoms with van der Waals surface area (Å²) < 4.78 is 107. The lowest BCUT2D eigenvalue weighted by Gasteiger charge is -2.28. The first-order valence-electron chi connectivity index (χ1n) is 4.20. The number of hydrogen-bond acceptors (Lipinski definition) is 0. The smallest absolute Gasteiger partial charge is 0.215 e. The Labute approximate surface area is 91.1 Å². The minimum atomic E-state index is -6.62. The molecule has 0 bridgehead atoms. The molecule has 0 amide bonds. The number of alkyl halides is 7. The van der Waals surface area contributed by atoms with Crippen molar-refractivity contribution in [2.24, 2.45) is 0 Å². The van der Waals surface area contributed by atoms with Gasteiger partial charge < -0.3 is 0 Å². The van der Waals surface area contributed by atoms with Crippen LogP contribution in [0.5, 0.6) is 0 Å². The van der Waals surface area contributed by atoms with E-state index in [1.807, 2.05) is 13.8 Å². The summed E-state index contributed by atoms with van der Waals surface area (Å²) in [5.74, 6) is -6.06. The first-order valence-corrected chi connectivity index (χ1v) is 4.20. The summed E-state index contributed by atoms with van der Waals surface area (Å²) in [6.07, 6.45) is -13.2. The van der Waals surface area contributed by atoms with E-state index < -0.39 is 29.7 Å². The van der Waals surface area contributed by atoms with Crippen molar-refractivity contribution >= 4 is 0 Å². The molecule has 0 saturated heterocycles. The molecule has 0 N–H and O–H groups in total. The maximum absolute atomic E-state index is 12.5. The highest BCUT2D eigenvalue weighted by Gasteiger charge is 2.76. The third-order valence-corrected chi connectivity index (χ3v) is 1.39.